The number of hydrogen-bond donors (Lipinski definition) is 0. The number of nitrogens with zero attached hydrogens (tertiary/aromatic N) is 2. The van der Waals surface area contributed by atoms with E-state index < -0.39 is 6.72 Å². The van der Waals surface area contributed by atoms with E-state index in [2.05, 4.69) is 17.1 Å². The van der Waals surface area contributed by atoms with Crippen molar-refractivity contribution in [3.63, 3.8) is 0 Å². The summed E-state index contributed by atoms with van der Waals surface area (Å²) in [7, 11) is 0. The smallest absolute Gasteiger partial charge is 0.381 e. The third-order valence-electron chi connectivity index (χ3n) is 2.14. The molecule has 6 nitrogen and oxygen atoms in total. The Balaban J connectivity index is 2.61. The van der Waals surface area contributed by atoms with Crippen LogP contribution in [0.2, 0.25) is 0 Å². The summed E-state index contributed by atoms with van der Waals surface area (Å²) in [5.74, 6) is 0.741. The Hall–Kier alpha value is -0.750. The van der Waals surface area contributed by atoms with E-state index in [0.717, 1.165) is 12.8 Å². The fourth-order valence-electron chi connectivity index (χ4n) is 1.28. The first-order valence-electron chi connectivity index (χ1n) is 6.68. The van der Waals surface area contributed by atoms with Gasteiger partial charge in [0.15, 0.2) is 0 Å². The normalized spacial score (nSPS) is 11.3. The zero-order valence-corrected chi connectivity index (χ0v) is 13.8. The van der Waals surface area contributed by atoms with E-state index in [1.165, 1.54) is 0 Å². The predicted octanol–water partition coefficient (Wildman–Crippen LogP) is 3.33. The van der Waals surface area contributed by atoms with Crippen molar-refractivity contribution >= 4 is 18.5 Å². The Kier molecular flexibility index (Phi) is 7.99. The Labute approximate surface area is 125 Å². The quantitative estimate of drug-likeness (QED) is 0.484. The van der Waals surface area contributed by atoms with E-state index in [1.54, 1.807) is 12.1 Å². The predicted molar refractivity (Wildman–Crippen MR) is 80.6 cm³/mol. The van der Waals surface area contributed by atoms with Gasteiger partial charge >= 0.3 is 6.72 Å². The van der Waals surface area contributed by atoms with Crippen molar-refractivity contribution in [2.24, 2.45) is 0 Å². The van der Waals surface area contributed by atoms with Crippen molar-refractivity contribution in [2.75, 3.05) is 19.8 Å². The second kappa shape index (κ2) is 9.23. The molecule has 0 aliphatic rings. The van der Waals surface area contributed by atoms with Crippen LogP contribution in [0.15, 0.2) is 12.1 Å². The van der Waals surface area contributed by atoms with Crippen LogP contribution >= 0.6 is 6.72 Å². The molecule has 0 radical (unpaired) electrons. The highest BCUT2D eigenvalue weighted by Gasteiger charge is 2.22. The number of aromatic nitrogens is 2. The summed E-state index contributed by atoms with van der Waals surface area (Å²) >= 11 is 5.25. The molecule has 0 saturated heterocycles. The molecule has 1 aromatic rings. The zero-order valence-electron chi connectivity index (χ0n) is 12.1. The molecule has 0 spiro atoms. The van der Waals surface area contributed by atoms with Crippen molar-refractivity contribution in [1.82, 2.24) is 10.2 Å². The summed E-state index contributed by atoms with van der Waals surface area (Å²) in [6, 6.07) is 3.34. The number of unbranched alkanes of at least 4 members (excludes halogenated alkanes) is 1. The van der Waals surface area contributed by atoms with Gasteiger partial charge in [-0.15, -0.1) is 10.2 Å². The Morgan fingerprint density at radius 1 is 1.05 bits per heavy atom. The molecule has 0 bridgehead atoms. The first-order chi connectivity index (χ1) is 9.63. The highest BCUT2D eigenvalue weighted by Crippen LogP contribution is 2.49. The third-order valence-corrected chi connectivity index (χ3v) is 4.56. The molecule has 0 aliphatic heterocycles. The standard InChI is InChI=1S/C12H21N2O4PS/c1-4-7-10-15-11-8-9-12(14-13-11)18-19(20,16-5-2)17-6-3/h8-9H,4-7,10H2,1-3H3. The Morgan fingerprint density at radius 2 is 1.65 bits per heavy atom. The number of hydrogen-bond acceptors (Lipinski definition) is 7. The van der Waals surface area contributed by atoms with Crippen LogP contribution in [0.3, 0.4) is 0 Å². The SMILES string of the molecule is CCCCOc1ccc(OP(=S)(OCC)OCC)nn1. The van der Waals surface area contributed by atoms with Gasteiger partial charge in [-0.1, -0.05) is 13.3 Å². The molecule has 0 N–H and O–H groups in total. The van der Waals surface area contributed by atoms with Gasteiger partial charge in [0.25, 0.3) is 0 Å². The van der Waals surface area contributed by atoms with Crippen LogP contribution in [0.5, 0.6) is 11.8 Å². The molecule has 20 heavy (non-hydrogen) atoms. The molecule has 1 heterocycles. The lowest BCUT2D eigenvalue weighted by Gasteiger charge is -2.19. The van der Waals surface area contributed by atoms with E-state index in [1.807, 2.05) is 13.8 Å². The second-order valence-corrected chi connectivity index (χ2v) is 6.72. The van der Waals surface area contributed by atoms with Gasteiger partial charge in [0, 0.05) is 23.9 Å². The molecule has 1 rings (SSSR count). The minimum absolute atomic E-state index is 0.276. The van der Waals surface area contributed by atoms with Crippen molar-refractivity contribution in [2.45, 2.75) is 33.6 Å². The molecule has 0 atom stereocenters. The molecule has 0 fully saturated rings. The van der Waals surface area contributed by atoms with Crippen molar-refractivity contribution < 1.29 is 18.3 Å². The highest BCUT2D eigenvalue weighted by atomic mass is 32.5. The lowest BCUT2D eigenvalue weighted by Crippen LogP contribution is -2.04. The van der Waals surface area contributed by atoms with E-state index in [-0.39, 0.29) is 5.88 Å². The Bertz CT molecular complexity index is 420. The highest BCUT2D eigenvalue weighted by molar-refractivity contribution is 8.07. The van der Waals surface area contributed by atoms with Crippen LogP contribution in [-0.4, -0.2) is 30.0 Å². The second-order valence-electron chi connectivity index (χ2n) is 3.79. The third kappa shape index (κ3) is 6.13. The molecule has 0 saturated carbocycles. The molecule has 0 aliphatic carbocycles. The molecule has 8 heteroatoms. The summed E-state index contributed by atoms with van der Waals surface area (Å²) in [5, 5.41) is 7.83. The maximum Gasteiger partial charge on any atom is 0.381 e. The van der Waals surface area contributed by atoms with Gasteiger partial charge in [0.05, 0.1) is 19.8 Å². The van der Waals surface area contributed by atoms with Gasteiger partial charge in [0.1, 0.15) is 0 Å². The maximum atomic E-state index is 5.52. The summed E-state index contributed by atoms with van der Waals surface area (Å²) in [5.41, 5.74) is 0. The molecule has 0 aromatic carbocycles. The fourth-order valence-corrected chi connectivity index (χ4v) is 3.28. The van der Waals surface area contributed by atoms with Gasteiger partial charge in [0.2, 0.25) is 11.8 Å². The van der Waals surface area contributed by atoms with E-state index in [4.69, 9.17) is 30.1 Å². The minimum Gasteiger partial charge on any atom is -0.477 e. The molecular formula is C12H21N2O4PS. The number of rotatable bonds is 10. The summed E-state index contributed by atoms with van der Waals surface area (Å²) in [4.78, 5) is 0. The average molecular weight is 320 g/mol. The summed E-state index contributed by atoms with van der Waals surface area (Å²) in [6.45, 7) is 4.44. The maximum absolute atomic E-state index is 5.52. The fraction of sp³-hybridized carbons (Fsp3) is 0.667. The van der Waals surface area contributed by atoms with Gasteiger partial charge in [-0.3, -0.25) is 9.05 Å². The molecule has 1 aromatic heterocycles. The van der Waals surface area contributed by atoms with Crippen molar-refractivity contribution in [1.29, 1.82) is 0 Å². The first kappa shape index (κ1) is 17.3. The van der Waals surface area contributed by atoms with Crippen LogP contribution < -0.4 is 9.26 Å². The monoisotopic (exact) mass is 320 g/mol. The van der Waals surface area contributed by atoms with Crippen molar-refractivity contribution in [3.05, 3.63) is 12.1 Å². The molecule has 0 amide bonds. The molecule has 0 unspecified atom stereocenters. The van der Waals surface area contributed by atoms with Gasteiger partial charge in [-0.2, -0.15) is 0 Å². The topological polar surface area (TPSA) is 62.7 Å². The zero-order chi connectivity index (χ0) is 14.8. The Morgan fingerprint density at radius 3 is 2.15 bits per heavy atom. The summed E-state index contributed by atoms with van der Waals surface area (Å²) in [6.07, 6.45) is 2.05. The van der Waals surface area contributed by atoms with Crippen LogP contribution in [0, 0.1) is 0 Å². The van der Waals surface area contributed by atoms with Crippen LogP contribution in [-0.2, 0) is 20.9 Å². The van der Waals surface area contributed by atoms with Gasteiger partial charge in [-0.25, -0.2) is 0 Å². The molecular weight excluding hydrogens is 299 g/mol. The lowest BCUT2D eigenvalue weighted by molar-refractivity contribution is 0.215. The van der Waals surface area contributed by atoms with Crippen LogP contribution in [0.4, 0.5) is 0 Å². The minimum atomic E-state index is -2.79. The van der Waals surface area contributed by atoms with E-state index in [0.29, 0.717) is 25.7 Å². The van der Waals surface area contributed by atoms with E-state index in [9.17, 15) is 0 Å². The largest absolute Gasteiger partial charge is 0.477 e. The number of ether oxygens (including phenoxy) is 1. The average Bonchev–Trinajstić information content (AvgIpc) is 2.41. The van der Waals surface area contributed by atoms with Gasteiger partial charge in [-0.05, 0) is 20.3 Å². The summed E-state index contributed by atoms with van der Waals surface area (Å²) < 4.78 is 21.7. The van der Waals surface area contributed by atoms with Gasteiger partial charge < -0.3 is 9.26 Å². The van der Waals surface area contributed by atoms with Crippen LogP contribution in [0.1, 0.15) is 33.6 Å². The van der Waals surface area contributed by atoms with Crippen LogP contribution in [0.25, 0.3) is 0 Å². The van der Waals surface area contributed by atoms with Crippen molar-refractivity contribution in [3.8, 4) is 11.8 Å². The lowest BCUT2D eigenvalue weighted by atomic mass is 10.4. The molecule has 114 valence electrons. The first-order valence-corrected chi connectivity index (χ1v) is 9.24. The van der Waals surface area contributed by atoms with E-state index >= 15 is 0 Å².